The normalized spacial score (nSPS) is 17.7. The number of aliphatic imine (C=N–C) groups is 2. The van der Waals surface area contributed by atoms with Gasteiger partial charge in [0, 0.05) is 16.8 Å². The molecule has 7 heteroatoms. The molecule has 0 amide bonds. The fourth-order valence-corrected chi connectivity index (χ4v) is 5.14. The molecule has 0 radical (unpaired) electrons. The Morgan fingerprint density at radius 1 is 0.939 bits per heavy atom. The van der Waals surface area contributed by atoms with E-state index in [1.54, 1.807) is 7.11 Å². The van der Waals surface area contributed by atoms with Crippen molar-refractivity contribution in [1.29, 1.82) is 0 Å². The number of nitrogens with zero attached hydrogens (tertiary/aromatic N) is 4. The Kier molecular flexibility index (Phi) is 5.62. The summed E-state index contributed by atoms with van der Waals surface area (Å²) < 4.78 is 5.51. The van der Waals surface area contributed by atoms with Crippen LogP contribution in [0, 0.1) is 0 Å². The van der Waals surface area contributed by atoms with Gasteiger partial charge in [-0.3, -0.25) is 4.90 Å². The topological polar surface area (TPSA) is 102 Å². The number of aryl methyl sites for hydroxylation is 2. The van der Waals surface area contributed by atoms with Gasteiger partial charge in [-0.05, 0) is 62.3 Å². The fraction of sp³-hybridized carbons (Fsp3) is 0.346. The largest absolute Gasteiger partial charge is 0.494 e. The molecule has 1 spiro atoms. The van der Waals surface area contributed by atoms with Crippen LogP contribution >= 0.6 is 0 Å². The van der Waals surface area contributed by atoms with E-state index < -0.39 is 5.66 Å². The molecule has 33 heavy (non-hydrogen) atoms. The number of guanidine groups is 2. The van der Waals surface area contributed by atoms with Gasteiger partial charge in [0.25, 0.3) is 0 Å². The summed E-state index contributed by atoms with van der Waals surface area (Å²) in [4.78, 5) is 16.2. The predicted molar refractivity (Wildman–Crippen MR) is 134 cm³/mol. The van der Waals surface area contributed by atoms with E-state index in [-0.39, 0.29) is 5.96 Å². The minimum absolute atomic E-state index is 0.275. The van der Waals surface area contributed by atoms with Crippen LogP contribution in [0.25, 0.3) is 10.9 Å². The van der Waals surface area contributed by atoms with E-state index in [4.69, 9.17) is 26.2 Å². The number of hydrogen-bond acceptors (Lipinski definition) is 7. The number of benzene rings is 2. The number of hydrogen-bond donors (Lipinski definition) is 2. The Hall–Kier alpha value is -3.61. The van der Waals surface area contributed by atoms with Gasteiger partial charge in [-0.2, -0.15) is 4.99 Å². The van der Waals surface area contributed by atoms with Crippen molar-refractivity contribution in [1.82, 2.24) is 4.98 Å². The number of anilines is 1. The Balaban J connectivity index is 1.46. The molecule has 7 nitrogen and oxygen atoms in total. The second-order valence-corrected chi connectivity index (χ2v) is 8.78. The molecule has 170 valence electrons. The predicted octanol–water partition coefficient (Wildman–Crippen LogP) is 4.14. The zero-order valence-corrected chi connectivity index (χ0v) is 19.0. The summed E-state index contributed by atoms with van der Waals surface area (Å²) in [7, 11) is 1.68. The quantitative estimate of drug-likeness (QED) is 0.618. The molecule has 4 N–H and O–H groups in total. The first-order chi connectivity index (χ1) is 16.1. The van der Waals surface area contributed by atoms with Crippen LogP contribution in [0.5, 0.6) is 5.75 Å². The van der Waals surface area contributed by atoms with Crippen LogP contribution in [0.4, 0.5) is 5.69 Å². The second kappa shape index (κ2) is 8.73. The van der Waals surface area contributed by atoms with Gasteiger partial charge in [-0.25, -0.2) is 9.98 Å². The van der Waals surface area contributed by atoms with Crippen molar-refractivity contribution >= 4 is 28.5 Å². The highest BCUT2D eigenvalue weighted by Crippen LogP contribution is 2.40. The number of nitrogens with two attached hydrogens (primary N) is 2. The zero-order chi connectivity index (χ0) is 22.8. The number of methoxy groups -OCH3 is 1. The first-order valence-corrected chi connectivity index (χ1v) is 11.6. The molecule has 1 aromatic heterocycles. The maximum absolute atomic E-state index is 6.47. The number of ether oxygens (including phenoxy) is 1. The SMILES string of the molecule is COc1cccc2ccc(CCc3ccccc3N3C(N)=NC(N)=NC34CCCCC4)nc12. The highest BCUT2D eigenvalue weighted by Gasteiger charge is 2.43. The molecule has 0 atom stereocenters. The fourth-order valence-electron chi connectivity index (χ4n) is 5.14. The molecule has 2 aliphatic rings. The Labute approximate surface area is 194 Å². The molecule has 1 aliphatic heterocycles. The van der Waals surface area contributed by atoms with Crippen LogP contribution in [-0.2, 0) is 12.8 Å². The van der Waals surface area contributed by atoms with Crippen LogP contribution in [0.3, 0.4) is 0 Å². The molecular formula is C26H30N6O. The number of para-hydroxylation sites is 2. The number of pyridine rings is 1. The lowest BCUT2D eigenvalue weighted by Gasteiger charge is -2.46. The van der Waals surface area contributed by atoms with E-state index in [0.717, 1.165) is 66.6 Å². The van der Waals surface area contributed by atoms with Crippen LogP contribution < -0.4 is 21.1 Å². The monoisotopic (exact) mass is 442 g/mol. The Bertz CT molecular complexity index is 1230. The highest BCUT2D eigenvalue weighted by atomic mass is 16.5. The van der Waals surface area contributed by atoms with Crippen LogP contribution in [0.15, 0.2) is 64.6 Å². The molecule has 0 unspecified atom stereocenters. The van der Waals surface area contributed by atoms with Gasteiger partial charge in [0.1, 0.15) is 16.9 Å². The minimum atomic E-state index is -0.446. The van der Waals surface area contributed by atoms with E-state index in [0.29, 0.717) is 5.96 Å². The van der Waals surface area contributed by atoms with Crippen molar-refractivity contribution in [3.05, 3.63) is 65.9 Å². The summed E-state index contributed by atoms with van der Waals surface area (Å²) in [6.07, 6.45) is 6.88. The third-order valence-electron chi connectivity index (χ3n) is 6.70. The number of fused-ring (bicyclic) bond motifs is 1. The average molecular weight is 443 g/mol. The van der Waals surface area contributed by atoms with E-state index in [2.05, 4.69) is 46.3 Å². The lowest BCUT2D eigenvalue weighted by Crippen LogP contribution is -2.58. The van der Waals surface area contributed by atoms with Crippen molar-refractivity contribution in [3.63, 3.8) is 0 Å². The molecule has 3 aromatic rings. The Morgan fingerprint density at radius 2 is 1.76 bits per heavy atom. The van der Waals surface area contributed by atoms with Crippen molar-refractivity contribution in [2.45, 2.75) is 50.6 Å². The minimum Gasteiger partial charge on any atom is -0.494 e. The van der Waals surface area contributed by atoms with Crippen molar-refractivity contribution in [3.8, 4) is 5.75 Å². The molecule has 1 aliphatic carbocycles. The van der Waals surface area contributed by atoms with Crippen LogP contribution in [-0.4, -0.2) is 29.7 Å². The smallest absolute Gasteiger partial charge is 0.220 e. The third kappa shape index (κ3) is 3.99. The van der Waals surface area contributed by atoms with Gasteiger partial charge >= 0.3 is 0 Å². The van der Waals surface area contributed by atoms with Crippen molar-refractivity contribution in [2.24, 2.45) is 21.5 Å². The van der Waals surface area contributed by atoms with E-state index >= 15 is 0 Å². The summed E-state index contributed by atoms with van der Waals surface area (Å²) in [6, 6.07) is 18.6. The van der Waals surface area contributed by atoms with Gasteiger partial charge in [0.05, 0.1) is 7.11 Å². The lowest BCUT2D eigenvalue weighted by atomic mass is 9.86. The average Bonchev–Trinajstić information content (AvgIpc) is 2.83. The van der Waals surface area contributed by atoms with Gasteiger partial charge in [0.2, 0.25) is 11.9 Å². The highest BCUT2D eigenvalue weighted by molar-refractivity contribution is 6.06. The van der Waals surface area contributed by atoms with E-state index in [9.17, 15) is 0 Å². The van der Waals surface area contributed by atoms with E-state index in [1.165, 1.54) is 12.0 Å². The number of rotatable bonds is 5. The third-order valence-corrected chi connectivity index (χ3v) is 6.70. The molecule has 0 bridgehead atoms. The van der Waals surface area contributed by atoms with Gasteiger partial charge < -0.3 is 16.2 Å². The molecule has 5 rings (SSSR count). The van der Waals surface area contributed by atoms with Crippen molar-refractivity contribution < 1.29 is 4.74 Å². The lowest BCUT2D eigenvalue weighted by molar-refractivity contribution is 0.305. The van der Waals surface area contributed by atoms with E-state index in [1.807, 2.05) is 18.2 Å². The first kappa shape index (κ1) is 21.2. The van der Waals surface area contributed by atoms with Crippen molar-refractivity contribution in [2.75, 3.05) is 12.0 Å². The standard InChI is InChI=1S/C26H30N6O/c1-33-22-11-7-9-19-13-15-20(29-23(19)22)14-12-18-8-3-4-10-21(18)32-25(28)30-24(27)31-26(32)16-5-2-6-17-26/h3-4,7-11,13,15H,2,5-6,12,14,16-17H2,1H3,(H4,27,28,30,31). The summed E-state index contributed by atoms with van der Waals surface area (Å²) in [5, 5.41) is 1.07. The van der Waals surface area contributed by atoms with Crippen LogP contribution in [0.1, 0.15) is 43.4 Å². The van der Waals surface area contributed by atoms with Gasteiger partial charge in [-0.15, -0.1) is 0 Å². The van der Waals surface area contributed by atoms with Gasteiger partial charge in [0.15, 0.2) is 0 Å². The number of aromatic nitrogens is 1. The van der Waals surface area contributed by atoms with Crippen LogP contribution in [0.2, 0.25) is 0 Å². The zero-order valence-electron chi connectivity index (χ0n) is 19.0. The molecule has 2 aromatic carbocycles. The maximum atomic E-state index is 6.47. The Morgan fingerprint density at radius 3 is 2.58 bits per heavy atom. The summed E-state index contributed by atoms with van der Waals surface area (Å²) in [6.45, 7) is 0. The molecule has 2 heterocycles. The maximum Gasteiger partial charge on any atom is 0.220 e. The van der Waals surface area contributed by atoms with Gasteiger partial charge in [-0.1, -0.05) is 42.8 Å². The molecular weight excluding hydrogens is 412 g/mol. The molecule has 0 saturated heterocycles. The summed E-state index contributed by atoms with van der Waals surface area (Å²) >= 11 is 0. The molecule has 1 fully saturated rings. The summed E-state index contributed by atoms with van der Waals surface area (Å²) in [5.41, 5.74) is 16.2. The first-order valence-electron chi connectivity index (χ1n) is 11.6. The summed E-state index contributed by atoms with van der Waals surface area (Å²) in [5.74, 6) is 1.49. The molecule has 1 saturated carbocycles. The second-order valence-electron chi connectivity index (χ2n) is 8.78.